The molecule has 1 aromatic carbocycles. The Balaban J connectivity index is 1.80. The summed E-state index contributed by atoms with van der Waals surface area (Å²) in [7, 11) is 0. The average molecular weight is 272 g/mol. The Kier molecular flexibility index (Phi) is 3.97. The first-order valence-corrected chi connectivity index (χ1v) is 7.75. The number of hydrogen-bond acceptors (Lipinski definition) is 3. The Labute approximate surface area is 119 Å². The molecule has 2 unspecified atom stereocenters. The molecule has 0 saturated carbocycles. The van der Waals surface area contributed by atoms with E-state index in [0.717, 1.165) is 19.6 Å². The van der Waals surface area contributed by atoms with Gasteiger partial charge in [-0.1, -0.05) is 36.4 Å². The molecule has 1 aromatic heterocycles. The topological polar surface area (TPSA) is 15.3 Å². The van der Waals surface area contributed by atoms with Crippen molar-refractivity contribution in [1.82, 2.24) is 10.2 Å². The van der Waals surface area contributed by atoms with Gasteiger partial charge < -0.3 is 5.32 Å². The van der Waals surface area contributed by atoms with Gasteiger partial charge in [-0.05, 0) is 23.9 Å². The quantitative estimate of drug-likeness (QED) is 0.922. The van der Waals surface area contributed by atoms with E-state index in [4.69, 9.17) is 0 Å². The van der Waals surface area contributed by atoms with E-state index in [9.17, 15) is 0 Å². The minimum absolute atomic E-state index is 0.486. The second-order valence-electron chi connectivity index (χ2n) is 5.24. The highest BCUT2D eigenvalue weighted by Crippen LogP contribution is 2.26. The Bertz CT molecular complexity index is 495. The molecule has 3 heteroatoms. The number of thiophene rings is 1. The first-order valence-electron chi connectivity index (χ1n) is 6.87. The zero-order chi connectivity index (χ0) is 13.1. The highest BCUT2D eigenvalue weighted by molar-refractivity contribution is 7.09. The summed E-state index contributed by atoms with van der Waals surface area (Å²) in [4.78, 5) is 4.05. The monoisotopic (exact) mass is 272 g/mol. The van der Waals surface area contributed by atoms with Crippen LogP contribution in [0.5, 0.6) is 0 Å². The summed E-state index contributed by atoms with van der Waals surface area (Å²) in [6, 6.07) is 16.3. The van der Waals surface area contributed by atoms with Gasteiger partial charge in [-0.25, -0.2) is 0 Å². The van der Waals surface area contributed by atoms with Gasteiger partial charge in [0.05, 0.1) is 0 Å². The zero-order valence-electron chi connectivity index (χ0n) is 11.3. The lowest BCUT2D eigenvalue weighted by molar-refractivity contribution is 0.129. The minimum Gasteiger partial charge on any atom is -0.311 e. The molecule has 1 N–H and O–H groups in total. The molecule has 2 aromatic rings. The lowest BCUT2D eigenvalue weighted by Gasteiger charge is -2.39. The van der Waals surface area contributed by atoms with Crippen molar-refractivity contribution >= 4 is 11.3 Å². The molecule has 0 radical (unpaired) electrons. The summed E-state index contributed by atoms with van der Waals surface area (Å²) < 4.78 is 0. The number of nitrogens with one attached hydrogen (secondary N) is 1. The number of benzene rings is 1. The molecule has 0 spiro atoms. The van der Waals surface area contributed by atoms with Gasteiger partial charge in [0.15, 0.2) is 0 Å². The molecule has 3 rings (SSSR count). The van der Waals surface area contributed by atoms with Gasteiger partial charge in [-0.15, -0.1) is 11.3 Å². The molecule has 0 amide bonds. The van der Waals surface area contributed by atoms with Gasteiger partial charge in [0.25, 0.3) is 0 Å². The highest BCUT2D eigenvalue weighted by Gasteiger charge is 2.26. The van der Waals surface area contributed by atoms with Crippen molar-refractivity contribution in [3.05, 3.63) is 58.3 Å². The van der Waals surface area contributed by atoms with Crippen LogP contribution >= 0.6 is 11.3 Å². The van der Waals surface area contributed by atoms with Crippen LogP contribution in [-0.2, 0) is 6.54 Å². The van der Waals surface area contributed by atoms with Crippen molar-refractivity contribution in [2.24, 2.45) is 0 Å². The molecule has 100 valence electrons. The minimum atomic E-state index is 0.486. The fourth-order valence-electron chi connectivity index (χ4n) is 2.77. The molecule has 1 saturated heterocycles. The third-order valence-corrected chi connectivity index (χ3v) is 4.59. The molecule has 2 nitrogen and oxygen atoms in total. The summed E-state index contributed by atoms with van der Waals surface area (Å²) in [5, 5.41) is 5.77. The third-order valence-electron chi connectivity index (χ3n) is 3.73. The molecule has 1 fully saturated rings. The maximum absolute atomic E-state index is 3.60. The Morgan fingerprint density at radius 2 is 2.05 bits per heavy atom. The molecular formula is C16H20N2S. The van der Waals surface area contributed by atoms with E-state index in [0.29, 0.717) is 12.1 Å². The van der Waals surface area contributed by atoms with Crippen molar-refractivity contribution < 1.29 is 0 Å². The van der Waals surface area contributed by atoms with Gasteiger partial charge in [0.2, 0.25) is 0 Å². The van der Waals surface area contributed by atoms with E-state index < -0.39 is 0 Å². The first-order chi connectivity index (χ1) is 9.33. The molecule has 2 atom stereocenters. The lowest BCUT2D eigenvalue weighted by Crippen LogP contribution is -2.50. The predicted molar refractivity (Wildman–Crippen MR) is 81.4 cm³/mol. The summed E-state index contributed by atoms with van der Waals surface area (Å²) in [5.74, 6) is 0. The molecular weight excluding hydrogens is 252 g/mol. The second-order valence-corrected chi connectivity index (χ2v) is 6.28. The van der Waals surface area contributed by atoms with Crippen LogP contribution in [-0.4, -0.2) is 24.0 Å². The van der Waals surface area contributed by atoms with Gasteiger partial charge in [0, 0.05) is 36.6 Å². The molecule has 0 bridgehead atoms. The van der Waals surface area contributed by atoms with Crippen molar-refractivity contribution in [2.75, 3.05) is 13.1 Å². The third kappa shape index (κ3) is 3.06. The SMILES string of the molecule is CC1CN(Cc2cccs2)C(c2ccccc2)CN1. The van der Waals surface area contributed by atoms with Crippen molar-refractivity contribution in [2.45, 2.75) is 25.6 Å². The van der Waals surface area contributed by atoms with Crippen molar-refractivity contribution in [1.29, 1.82) is 0 Å². The fourth-order valence-corrected chi connectivity index (χ4v) is 3.50. The lowest BCUT2D eigenvalue weighted by atomic mass is 10.0. The van der Waals surface area contributed by atoms with Gasteiger partial charge in [-0.2, -0.15) is 0 Å². The van der Waals surface area contributed by atoms with Crippen molar-refractivity contribution in [3.63, 3.8) is 0 Å². The van der Waals surface area contributed by atoms with Crippen LogP contribution < -0.4 is 5.32 Å². The molecule has 19 heavy (non-hydrogen) atoms. The average Bonchev–Trinajstić information content (AvgIpc) is 2.93. The van der Waals surface area contributed by atoms with Crippen LogP contribution in [0.4, 0.5) is 0 Å². The molecule has 2 heterocycles. The van der Waals surface area contributed by atoms with Crippen LogP contribution in [0.3, 0.4) is 0 Å². The van der Waals surface area contributed by atoms with E-state index in [-0.39, 0.29) is 0 Å². The van der Waals surface area contributed by atoms with E-state index in [2.05, 4.69) is 65.0 Å². The fraction of sp³-hybridized carbons (Fsp3) is 0.375. The standard InChI is InChI=1S/C16H20N2S/c1-13-11-18(12-15-8-5-9-19-15)16(10-17-13)14-6-3-2-4-7-14/h2-9,13,16-17H,10-12H2,1H3. The van der Waals surface area contributed by atoms with Crippen LogP contribution in [0.15, 0.2) is 47.8 Å². The number of piperazine rings is 1. The smallest absolute Gasteiger partial charge is 0.0477 e. The van der Waals surface area contributed by atoms with Gasteiger partial charge in [0.1, 0.15) is 0 Å². The van der Waals surface area contributed by atoms with Crippen molar-refractivity contribution in [3.8, 4) is 0 Å². The van der Waals surface area contributed by atoms with E-state index in [1.54, 1.807) is 0 Å². The molecule has 0 aliphatic carbocycles. The first kappa shape index (κ1) is 12.9. The summed E-state index contributed by atoms with van der Waals surface area (Å²) in [6.45, 7) is 5.47. The van der Waals surface area contributed by atoms with Crippen LogP contribution in [0, 0.1) is 0 Å². The maximum atomic E-state index is 3.60. The summed E-state index contributed by atoms with van der Waals surface area (Å²) in [5.41, 5.74) is 1.42. The highest BCUT2D eigenvalue weighted by atomic mass is 32.1. The van der Waals surface area contributed by atoms with Gasteiger partial charge >= 0.3 is 0 Å². The molecule has 1 aliphatic rings. The summed E-state index contributed by atoms with van der Waals surface area (Å²) >= 11 is 1.85. The Hall–Kier alpha value is -1.16. The van der Waals surface area contributed by atoms with E-state index in [1.807, 2.05) is 11.3 Å². The van der Waals surface area contributed by atoms with Crippen LogP contribution in [0.1, 0.15) is 23.4 Å². The maximum Gasteiger partial charge on any atom is 0.0477 e. The molecule has 1 aliphatic heterocycles. The number of nitrogens with zero attached hydrogens (tertiary/aromatic N) is 1. The normalized spacial score (nSPS) is 24.5. The predicted octanol–water partition coefficient (Wildman–Crippen LogP) is 3.28. The zero-order valence-corrected chi connectivity index (χ0v) is 12.1. The Morgan fingerprint density at radius 1 is 1.21 bits per heavy atom. The van der Waals surface area contributed by atoms with Gasteiger partial charge in [-0.3, -0.25) is 4.90 Å². The van der Waals surface area contributed by atoms with Crippen LogP contribution in [0.25, 0.3) is 0 Å². The number of rotatable bonds is 3. The van der Waals surface area contributed by atoms with Crippen LogP contribution in [0.2, 0.25) is 0 Å². The second kappa shape index (κ2) is 5.87. The summed E-state index contributed by atoms with van der Waals surface area (Å²) in [6.07, 6.45) is 0. The Morgan fingerprint density at radius 3 is 2.79 bits per heavy atom. The number of hydrogen-bond donors (Lipinski definition) is 1. The van der Waals surface area contributed by atoms with E-state index in [1.165, 1.54) is 10.4 Å². The largest absolute Gasteiger partial charge is 0.311 e. The van der Waals surface area contributed by atoms with E-state index >= 15 is 0 Å².